The number of hydrogen-bond donors (Lipinski definition) is 2. The smallest absolute Gasteiger partial charge is 0.332 e. The molecule has 0 heterocycles. The first-order chi connectivity index (χ1) is 17.4. The van der Waals surface area contributed by atoms with Crippen molar-refractivity contribution in [3.63, 3.8) is 0 Å². The van der Waals surface area contributed by atoms with Crippen LogP contribution in [0.5, 0.6) is 0 Å². The fraction of sp³-hybridized carbons (Fsp3) is 0.522. The van der Waals surface area contributed by atoms with Crippen molar-refractivity contribution in [2.45, 2.75) is 45.1 Å². The van der Waals surface area contributed by atoms with E-state index in [4.69, 9.17) is 43.1 Å². The molecule has 3 N–H and O–H groups in total. The predicted molar refractivity (Wildman–Crippen MR) is 133 cm³/mol. The summed E-state index contributed by atoms with van der Waals surface area (Å²) < 4.78 is 25.4. The number of nitrogens with one attached hydrogen (secondary N) is 1. The van der Waals surface area contributed by atoms with E-state index in [1.54, 1.807) is 18.2 Å². The number of esters is 4. The molecule has 0 bridgehead atoms. The molecule has 0 unspecified atom stereocenters. The molecule has 12 nitrogen and oxygen atoms in total. The number of nitrogens with two attached hydrogens (primary N) is 1. The Kier molecular flexibility index (Phi) is 10.8. The van der Waals surface area contributed by atoms with Crippen LogP contribution in [0.25, 0.3) is 0 Å². The maximum atomic E-state index is 13.2. The zero-order chi connectivity index (χ0) is 27.5. The summed E-state index contributed by atoms with van der Waals surface area (Å²) >= 11 is 12.0. The minimum absolute atomic E-state index is 0. The van der Waals surface area contributed by atoms with Gasteiger partial charge in [-0.2, -0.15) is 0 Å². The second-order valence-corrected chi connectivity index (χ2v) is 9.49. The molecule has 2 aliphatic carbocycles. The number of amides is 1. The number of benzene rings is 1. The first-order valence-electron chi connectivity index (χ1n) is 11.1. The third-order valence-corrected chi connectivity index (χ3v) is 6.90. The maximum absolute atomic E-state index is 13.2. The number of rotatable bonds is 10. The Labute approximate surface area is 234 Å². The van der Waals surface area contributed by atoms with E-state index in [1.165, 1.54) is 6.92 Å². The van der Waals surface area contributed by atoms with Crippen LogP contribution in [0.2, 0.25) is 10.0 Å². The Balaban J connectivity index is 0.00000507. The van der Waals surface area contributed by atoms with E-state index in [0.717, 1.165) is 13.8 Å². The highest BCUT2D eigenvalue weighted by Gasteiger charge is 2.79. The highest BCUT2D eigenvalue weighted by Crippen LogP contribution is 2.63. The Morgan fingerprint density at radius 2 is 1.55 bits per heavy atom. The Bertz CT molecular complexity index is 1100. The molecule has 0 saturated heterocycles. The third-order valence-electron chi connectivity index (χ3n) is 6.16. The van der Waals surface area contributed by atoms with Crippen molar-refractivity contribution in [2.24, 2.45) is 23.5 Å². The van der Waals surface area contributed by atoms with Gasteiger partial charge in [-0.3, -0.25) is 19.2 Å². The van der Waals surface area contributed by atoms with Gasteiger partial charge in [0.2, 0.25) is 19.5 Å². The number of halogens is 3. The summed E-state index contributed by atoms with van der Waals surface area (Å²) in [6, 6.07) is 3.91. The van der Waals surface area contributed by atoms with Gasteiger partial charge in [-0.1, -0.05) is 29.3 Å². The molecule has 0 aliphatic heterocycles. The van der Waals surface area contributed by atoms with Gasteiger partial charge >= 0.3 is 23.9 Å². The monoisotopic (exact) mass is 596 g/mol. The van der Waals surface area contributed by atoms with Gasteiger partial charge in [-0.05, 0) is 17.7 Å². The second-order valence-electron chi connectivity index (χ2n) is 8.67. The summed E-state index contributed by atoms with van der Waals surface area (Å²) in [5, 5.41) is 3.32. The van der Waals surface area contributed by atoms with Crippen molar-refractivity contribution < 1.29 is 47.7 Å². The number of hydrogen-bond acceptors (Lipinski definition) is 11. The van der Waals surface area contributed by atoms with Crippen LogP contribution in [0.4, 0.5) is 0 Å². The van der Waals surface area contributed by atoms with Gasteiger partial charge in [0.1, 0.15) is 11.6 Å². The van der Waals surface area contributed by atoms with Crippen molar-refractivity contribution in [1.29, 1.82) is 0 Å². The van der Waals surface area contributed by atoms with Crippen molar-refractivity contribution in [3.05, 3.63) is 33.8 Å². The topological polar surface area (TPSA) is 170 Å². The van der Waals surface area contributed by atoms with Crippen LogP contribution in [-0.4, -0.2) is 61.1 Å². The Hall–Kier alpha value is -2.64. The largest absolute Gasteiger partial charge is 0.428 e. The van der Waals surface area contributed by atoms with Crippen LogP contribution in [0.1, 0.15) is 26.3 Å². The summed E-state index contributed by atoms with van der Waals surface area (Å²) in [7, 11) is 0. The molecule has 6 atom stereocenters. The van der Waals surface area contributed by atoms with E-state index in [9.17, 15) is 24.0 Å². The molecule has 38 heavy (non-hydrogen) atoms. The van der Waals surface area contributed by atoms with Crippen LogP contribution < -0.4 is 11.1 Å². The average Bonchev–Trinajstić information content (AvgIpc) is 3.50. The number of carbonyl (C=O) groups excluding carboxylic acids is 5. The highest BCUT2D eigenvalue weighted by atomic mass is 35.5. The highest BCUT2D eigenvalue weighted by molar-refractivity contribution is 6.42. The molecule has 0 aromatic heterocycles. The quantitative estimate of drug-likeness (QED) is 0.296. The molecule has 2 saturated carbocycles. The molecular weight excluding hydrogens is 571 g/mol. The van der Waals surface area contributed by atoms with Gasteiger partial charge in [-0.25, -0.2) is 4.79 Å². The lowest BCUT2D eigenvalue weighted by molar-refractivity contribution is -0.176. The minimum atomic E-state index is -1.95. The minimum Gasteiger partial charge on any atom is -0.428 e. The Morgan fingerprint density at radius 3 is 2.11 bits per heavy atom. The van der Waals surface area contributed by atoms with Crippen molar-refractivity contribution >= 4 is 65.4 Å². The molecule has 1 aromatic carbocycles. The summed E-state index contributed by atoms with van der Waals surface area (Å²) in [5.74, 6) is -6.03. The van der Waals surface area contributed by atoms with Crippen LogP contribution >= 0.6 is 35.6 Å². The Morgan fingerprint density at radius 1 is 0.947 bits per heavy atom. The zero-order valence-corrected chi connectivity index (χ0v) is 22.9. The van der Waals surface area contributed by atoms with Gasteiger partial charge in [-0.15, -0.1) is 12.4 Å². The lowest BCUT2D eigenvalue weighted by atomic mass is 9.86. The molecule has 2 fully saturated rings. The van der Waals surface area contributed by atoms with E-state index in [0.29, 0.717) is 10.6 Å². The lowest BCUT2D eigenvalue weighted by Gasteiger charge is -2.36. The predicted octanol–water partition coefficient (Wildman–Crippen LogP) is 1.51. The fourth-order valence-corrected chi connectivity index (χ4v) is 4.98. The lowest BCUT2D eigenvalue weighted by Crippen LogP contribution is -2.64. The zero-order valence-electron chi connectivity index (χ0n) is 20.6. The molecule has 0 radical (unpaired) electrons. The summed E-state index contributed by atoms with van der Waals surface area (Å²) in [4.78, 5) is 60.1. The van der Waals surface area contributed by atoms with Gasteiger partial charge in [0.05, 0.1) is 28.6 Å². The van der Waals surface area contributed by atoms with E-state index in [-0.39, 0.29) is 24.0 Å². The summed E-state index contributed by atoms with van der Waals surface area (Å²) in [5.41, 5.74) is 5.26. The molecule has 1 amide bonds. The van der Waals surface area contributed by atoms with Crippen molar-refractivity contribution in [2.75, 3.05) is 13.6 Å². The van der Waals surface area contributed by atoms with Gasteiger partial charge in [0, 0.05) is 32.6 Å². The summed E-state index contributed by atoms with van der Waals surface area (Å²) in [6.45, 7) is 2.12. The van der Waals surface area contributed by atoms with Crippen molar-refractivity contribution in [3.8, 4) is 0 Å². The van der Waals surface area contributed by atoms with E-state index in [1.807, 2.05) is 0 Å². The molecule has 1 aromatic rings. The first-order valence-corrected chi connectivity index (χ1v) is 11.9. The standard InChI is InChI=1S/C23H26Cl2N2O10.ClH/c1-10(28)27-19-16-17(21(31)36-8-34-11(2)29)18(16)23(26,22(32)37-9-35-12(3)30)20(19)33-7-13-4-5-14(24)15(25)6-13;/h4-6,16-20H,7-9,26H2,1-3H3,(H,27,28);1H/t16-,17-,18-,19-,20+,23+;/m0./s1. The van der Waals surface area contributed by atoms with Gasteiger partial charge in [0.25, 0.3) is 0 Å². The fourth-order valence-electron chi connectivity index (χ4n) is 4.66. The van der Waals surface area contributed by atoms with Gasteiger partial charge < -0.3 is 34.7 Å². The van der Waals surface area contributed by atoms with E-state index in [2.05, 4.69) is 14.8 Å². The maximum Gasteiger partial charge on any atom is 0.332 e. The normalized spacial score (nSPS) is 26.7. The van der Waals surface area contributed by atoms with Crippen LogP contribution in [0.3, 0.4) is 0 Å². The molecular formula is C23H27Cl3N2O10. The van der Waals surface area contributed by atoms with Crippen LogP contribution in [0.15, 0.2) is 18.2 Å². The molecule has 2 aliphatic rings. The number of carbonyl (C=O) groups is 5. The number of fused-ring (bicyclic) bond motifs is 1. The number of ether oxygens (including phenoxy) is 5. The van der Waals surface area contributed by atoms with Crippen LogP contribution in [0, 0.1) is 17.8 Å². The van der Waals surface area contributed by atoms with Crippen molar-refractivity contribution in [1.82, 2.24) is 5.32 Å². The van der Waals surface area contributed by atoms with E-state index < -0.39 is 78.8 Å². The third kappa shape index (κ3) is 6.86. The molecule has 15 heteroatoms. The van der Waals surface area contributed by atoms with E-state index >= 15 is 0 Å². The summed E-state index contributed by atoms with van der Waals surface area (Å²) in [6.07, 6.45) is -1.15. The SMILES string of the molecule is CC(=O)N[C@H]1[C@H]2[C@H](C(=O)OCOC(C)=O)[C@H]2[C@](N)(C(=O)OCOC(C)=O)[C@@H]1OCc1ccc(Cl)c(Cl)c1.Cl. The molecule has 0 spiro atoms. The second kappa shape index (κ2) is 12.9. The van der Waals surface area contributed by atoms with Gasteiger partial charge in [0.15, 0.2) is 0 Å². The molecule has 210 valence electrons. The average molecular weight is 598 g/mol. The molecule has 3 rings (SSSR count). The first kappa shape index (κ1) is 31.6. The van der Waals surface area contributed by atoms with Crippen LogP contribution in [-0.2, 0) is 54.3 Å².